The molecule has 118 valence electrons. The number of nitrogens with zero attached hydrogens (tertiary/aromatic N) is 2. The summed E-state index contributed by atoms with van der Waals surface area (Å²) in [5, 5.41) is 20.0. The first-order chi connectivity index (χ1) is 11.0. The summed E-state index contributed by atoms with van der Waals surface area (Å²) < 4.78 is 5.08. The number of hydrogen-bond acceptors (Lipinski definition) is 5. The summed E-state index contributed by atoms with van der Waals surface area (Å²) in [6.45, 7) is 3.64. The molecule has 0 saturated carbocycles. The van der Waals surface area contributed by atoms with Crippen LogP contribution in [0, 0.1) is 18.3 Å². The topological polar surface area (TPSA) is 83.2 Å². The van der Waals surface area contributed by atoms with Gasteiger partial charge in [0.15, 0.2) is 0 Å². The second-order valence-electron chi connectivity index (χ2n) is 4.77. The molecule has 6 heteroatoms. The lowest BCUT2D eigenvalue weighted by Gasteiger charge is -2.13. The molecule has 0 unspecified atom stereocenters. The van der Waals surface area contributed by atoms with Gasteiger partial charge in [0, 0.05) is 5.39 Å². The largest absolute Gasteiger partial charge is 0.510 e. The Morgan fingerprint density at radius 3 is 2.74 bits per heavy atom. The molecule has 0 atom stereocenters. The van der Waals surface area contributed by atoms with Gasteiger partial charge in [-0.2, -0.15) is 5.26 Å². The van der Waals surface area contributed by atoms with Crippen LogP contribution in [-0.2, 0) is 4.74 Å². The van der Waals surface area contributed by atoms with Crippen molar-refractivity contribution >= 4 is 34.0 Å². The van der Waals surface area contributed by atoms with Gasteiger partial charge in [-0.3, -0.25) is 0 Å². The number of benzene rings is 1. The van der Waals surface area contributed by atoms with E-state index in [0.717, 1.165) is 5.39 Å². The van der Waals surface area contributed by atoms with Crippen LogP contribution in [0.25, 0.3) is 16.5 Å². The fourth-order valence-corrected chi connectivity index (χ4v) is 2.47. The van der Waals surface area contributed by atoms with E-state index >= 15 is 0 Å². The molecule has 0 radical (unpaired) electrons. The predicted molar refractivity (Wildman–Crippen MR) is 88.3 cm³/mol. The summed E-state index contributed by atoms with van der Waals surface area (Å²) in [5.41, 5.74) is 1.37. The molecule has 2 rings (SSSR count). The van der Waals surface area contributed by atoms with Crippen molar-refractivity contribution in [2.75, 3.05) is 12.5 Å². The molecule has 0 aliphatic rings. The zero-order valence-electron chi connectivity index (χ0n) is 12.8. The van der Waals surface area contributed by atoms with Crippen LogP contribution in [0.5, 0.6) is 0 Å². The van der Waals surface area contributed by atoms with E-state index < -0.39 is 5.97 Å². The van der Waals surface area contributed by atoms with E-state index in [1.807, 2.05) is 18.2 Å². The number of hydrogen-bond donors (Lipinski definition) is 1. The Hall–Kier alpha value is -2.58. The van der Waals surface area contributed by atoms with Crippen LogP contribution >= 0.6 is 11.6 Å². The lowest BCUT2D eigenvalue weighted by Crippen LogP contribution is -2.13. The molecule has 0 fully saturated rings. The number of pyridine rings is 1. The highest BCUT2D eigenvalue weighted by molar-refractivity contribution is 6.20. The Kier molecular flexibility index (Phi) is 5.20. The summed E-state index contributed by atoms with van der Waals surface area (Å²) in [5.74, 6) is -1.17. The van der Waals surface area contributed by atoms with Crippen LogP contribution in [0.4, 0.5) is 0 Å². The average Bonchev–Trinajstić information content (AvgIpc) is 2.55. The first kappa shape index (κ1) is 16.8. The van der Waals surface area contributed by atoms with Crippen molar-refractivity contribution in [1.82, 2.24) is 4.98 Å². The van der Waals surface area contributed by atoms with E-state index in [9.17, 15) is 15.2 Å². The van der Waals surface area contributed by atoms with Gasteiger partial charge in [-0.05, 0) is 25.5 Å². The lowest BCUT2D eigenvalue weighted by atomic mass is 9.97. The third-order valence-corrected chi connectivity index (χ3v) is 3.65. The van der Waals surface area contributed by atoms with E-state index in [2.05, 4.69) is 4.98 Å². The minimum atomic E-state index is -0.589. The molecule has 0 saturated heterocycles. The summed E-state index contributed by atoms with van der Waals surface area (Å²) >= 11 is 5.62. The SMILES string of the molecule is CCOC(=O)c1c(/C(C#N)=C(\O)CCl)nc2ccccc2c1C. The van der Waals surface area contributed by atoms with Crippen LogP contribution in [0.1, 0.15) is 28.5 Å². The van der Waals surface area contributed by atoms with Crippen molar-refractivity contribution in [3.63, 3.8) is 0 Å². The molecule has 0 amide bonds. The predicted octanol–water partition coefficient (Wildman–Crippen LogP) is 3.75. The van der Waals surface area contributed by atoms with Crippen LogP contribution in [0.3, 0.4) is 0 Å². The number of carbonyl (C=O) groups is 1. The van der Waals surface area contributed by atoms with Crippen molar-refractivity contribution < 1.29 is 14.6 Å². The first-order valence-electron chi connectivity index (χ1n) is 7.00. The smallest absolute Gasteiger partial charge is 0.340 e. The highest BCUT2D eigenvalue weighted by Gasteiger charge is 2.24. The average molecular weight is 331 g/mol. The van der Waals surface area contributed by atoms with E-state index in [1.54, 1.807) is 26.0 Å². The molecule has 0 aliphatic heterocycles. The Labute approximate surface area is 138 Å². The van der Waals surface area contributed by atoms with Crippen molar-refractivity contribution in [2.45, 2.75) is 13.8 Å². The Morgan fingerprint density at radius 1 is 1.43 bits per heavy atom. The molecule has 1 aromatic heterocycles. The summed E-state index contributed by atoms with van der Waals surface area (Å²) in [6.07, 6.45) is 0. The molecule has 1 aromatic carbocycles. The molecule has 0 aliphatic carbocycles. The van der Waals surface area contributed by atoms with Gasteiger partial charge in [0.05, 0.1) is 29.3 Å². The monoisotopic (exact) mass is 330 g/mol. The second kappa shape index (κ2) is 7.12. The van der Waals surface area contributed by atoms with E-state index in [1.165, 1.54) is 0 Å². The van der Waals surface area contributed by atoms with Crippen molar-refractivity contribution in [3.8, 4) is 6.07 Å². The Balaban J connectivity index is 2.89. The summed E-state index contributed by atoms with van der Waals surface area (Å²) in [4.78, 5) is 16.7. The van der Waals surface area contributed by atoms with Gasteiger partial charge < -0.3 is 9.84 Å². The van der Waals surface area contributed by atoms with Crippen LogP contribution < -0.4 is 0 Å². The summed E-state index contributed by atoms with van der Waals surface area (Å²) in [6, 6.07) is 9.12. The van der Waals surface area contributed by atoms with E-state index in [4.69, 9.17) is 16.3 Å². The number of aryl methyl sites for hydroxylation is 1. The molecule has 0 spiro atoms. The number of esters is 1. The van der Waals surface area contributed by atoms with Gasteiger partial charge in [-0.25, -0.2) is 9.78 Å². The minimum Gasteiger partial charge on any atom is -0.510 e. The number of nitriles is 1. The number of aromatic nitrogens is 1. The molecule has 5 nitrogen and oxygen atoms in total. The maximum Gasteiger partial charge on any atom is 0.340 e. The molecular formula is C17H15ClN2O3. The zero-order valence-corrected chi connectivity index (χ0v) is 13.5. The maximum atomic E-state index is 12.4. The maximum absolute atomic E-state index is 12.4. The van der Waals surface area contributed by atoms with Crippen LogP contribution in [0.2, 0.25) is 0 Å². The van der Waals surface area contributed by atoms with Crippen LogP contribution in [0.15, 0.2) is 30.0 Å². The standard InChI is InChI=1S/C17H15ClN2O3/c1-3-23-17(22)15-10(2)11-6-4-5-7-13(11)20-16(15)12(9-19)14(21)8-18/h4-7,21H,3,8H2,1-2H3/b14-12-. The number of rotatable bonds is 4. The Bertz CT molecular complexity index is 838. The lowest BCUT2D eigenvalue weighted by molar-refractivity contribution is 0.0525. The third kappa shape index (κ3) is 3.13. The number of allylic oxidation sites excluding steroid dienone is 2. The number of alkyl halides is 1. The number of aliphatic hydroxyl groups is 1. The molecular weight excluding hydrogens is 316 g/mol. The van der Waals surface area contributed by atoms with E-state index in [0.29, 0.717) is 11.1 Å². The van der Waals surface area contributed by atoms with Crippen molar-refractivity contribution in [2.24, 2.45) is 0 Å². The van der Waals surface area contributed by atoms with Gasteiger partial charge in [-0.1, -0.05) is 18.2 Å². The number of para-hydroxylation sites is 1. The van der Waals surface area contributed by atoms with Crippen molar-refractivity contribution in [1.29, 1.82) is 5.26 Å². The summed E-state index contributed by atoms with van der Waals surface area (Å²) in [7, 11) is 0. The number of fused-ring (bicyclic) bond motifs is 1. The second-order valence-corrected chi connectivity index (χ2v) is 5.03. The highest BCUT2D eigenvalue weighted by Crippen LogP contribution is 2.29. The quantitative estimate of drug-likeness (QED) is 0.399. The normalized spacial score (nSPS) is 11.7. The molecule has 2 aromatic rings. The Morgan fingerprint density at radius 2 is 2.13 bits per heavy atom. The number of ether oxygens (including phenoxy) is 1. The van der Waals surface area contributed by atoms with Gasteiger partial charge >= 0.3 is 5.97 Å². The molecule has 1 heterocycles. The van der Waals surface area contributed by atoms with Gasteiger partial charge in [0.25, 0.3) is 0 Å². The fourth-order valence-electron chi connectivity index (χ4n) is 2.33. The highest BCUT2D eigenvalue weighted by atomic mass is 35.5. The molecule has 1 N–H and O–H groups in total. The van der Waals surface area contributed by atoms with Gasteiger partial charge in [0.1, 0.15) is 17.4 Å². The van der Waals surface area contributed by atoms with E-state index in [-0.39, 0.29) is 35.1 Å². The van der Waals surface area contributed by atoms with Crippen LogP contribution in [-0.4, -0.2) is 28.5 Å². The third-order valence-electron chi connectivity index (χ3n) is 3.40. The number of carbonyl (C=O) groups excluding carboxylic acids is 1. The number of aliphatic hydroxyl groups excluding tert-OH is 1. The molecule has 0 bridgehead atoms. The first-order valence-corrected chi connectivity index (χ1v) is 7.53. The van der Waals surface area contributed by atoms with Gasteiger partial charge in [0.2, 0.25) is 0 Å². The zero-order chi connectivity index (χ0) is 17.0. The fraction of sp³-hybridized carbons (Fsp3) is 0.235. The number of halogens is 1. The minimum absolute atomic E-state index is 0.0836. The van der Waals surface area contributed by atoms with Crippen molar-refractivity contribution in [3.05, 3.63) is 46.8 Å². The van der Waals surface area contributed by atoms with Gasteiger partial charge in [-0.15, -0.1) is 11.6 Å². The molecule has 23 heavy (non-hydrogen) atoms.